The lowest BCUT2D eigenvalue weighted by molar-refractivity contribution is 0.0761. The molecule has 3 rings (SSSR count). The number of aryl methyl sites for hydroxylation is 2. The molecule has 0 saturated carbocycles. The van der Waals surface area contributed by atoms with Crippen LogP contribution in [0.3, 0.4) is 0 Å². The number of hydrogen-bond acceptors (Lipinski definition) is 2. The van der Waals surface area contributed by atoms with Gasteiger partial charge < -0.3 is 9.80 Å². The third-order valence-corrected chi connectivity index (χ3v) is 4.78. The smallest absolute Gasteiger partial charge is 0.254 e. The summed E-state index contributed by atoms with van der Waals surface area (Å²) >= 11 is 0. The van der Waals surface area contributed by atoms with Crippen LogP contribution in [-0.4, -0.2) is 48.9 Å². The molecule has 1 amide bonds. The zero-order valence-corrected chi connectivity index (χ0v) is 14.4. The first-order chi connectivity index (χ1) is 11.7. The zero-order chi connectivity index (χ0) is 16.8. The van der Waals surface area contributed by atoms with Crippen LogP contribution in [0.15, 0.2) is 54.6 Å². The highest BCUT2D eigenvalue weighted by molar-refractivity contribution is 5.95. The molecule has 24 heavy (non-hydrogen) atoms. The summed E-state index contributed by atoms with van der Waals surface area (Å²) in [5.74, 6) is 0.189. The van der Waals surface area contributed by atoms with Crippen molar-refractivity contribution in [1.82, 2.24) is 9.80 Å². The minimum absolute atomic E-state index is 0.189. The highest BCUT2D eigenvalue weighted by atomic mass is 16.2. The molecule has 0 aromatic heterocycles. The van der Waals surface area contributed by atoms with Gasteiger partial charge in [-0.15, -0.1) is 0 Å². The third-order valence-electron chi connectivity index (χ3n) is 4.78. The maximum atomic E-state index is 13.0. The first-order valence-corrected chi connectivity index (χ1v) is 8.83. The fourth-order valence-electron chi connectivity index (χ4n) is 3.29. The molecule has 0 atom stereocenters. The summed E-state index contributed by atoms with van der Waals surface area (Å²) in [4.78, 5) is 17.3. The topological polar surface area (TPSA) is 23.6 Å². The highest BCUT2D eigenvalue weighted by Crippen LogP contribution is 2.16. The number of nitrogens with zero attached hydrogens (tertiary/aromatic N) is 2. The maximum absolute atomic E-state index is 13.0. The average Bonchev–Trinajstić information content (AvgIpc) is 2.85. The first-order valence-electron chi connectivity index (χ1n) is 8.83. The third kappa shape index (κ3) is 4.24. The standard InChI is InChI=1S/C21H26N2O/c1-22-14-7-15-23(17-16-22)21(24)20-11-6-5-10-19(20)13-12-18-8-3-2-4-9-18/h2-6,8-11H,7,12-17H2,1H3. The molecule has 0 radical (unpaired) electrons. The van der Waals surface area contributed by atoms with E-state index in [0.717, 1.165) is 56.6 Å². The molecule has 1 saturated heterocycles. The first kappa shape index (κ1) is 16.7. The lowest BCUT2D eigenvalue weighted by Gasteiger charge is -2.22. The molecular formula is C21H26N2O. The van der Waals surface area contributed by atoms with Gasteiger partial charge in [0, 0.05) is 25.2 Å². The Labute approximate surface area is 144 Å². The van der Waals surface area contributed by atoms with Crippen molar-refractivity contribution in [2.45, 2.75) is 19.3 Å². The number of benzene rings is 2. The van der Waals surface area contributed by atoms with Crippen molar-refractivity contribution < 1.29 is 4.79 Å². The van der Waals surface area contributed by atoms with E-state index in [1.165, 1.54) is 5.56 Å². The van der Waals surface area contributed by atoms with Gasteiger partial charge in [0.05, 0.1) is 0 Å². The molecule has 0 unspecified atom stereocenters. The van der Waals surface area contributed by atoms with Crippen LogP contribution < -0.4 is 0 Å². The van der Waals surface area contributed by atoms with Crippen molar-refractivity contribution in [3.05, 3.63) is 71.3 Å². The summed E-state index contributed by atoms with van der Waals surface area (Å²) in [5.41, 5.74) is 3.35. The summed E-state index contributed by atoms with van der Waals surface area (Å²) in [6, 6.07) is 18.6. The number of carbonyl (C=O) groups is 1. The molecule has 0 spiro atoms. The van der Waals surface area contributed by atoms with Gasteiger partial charge >= 0.3 is 0 Å². The largest absolute Gasteiger partial charge is 0.337 e. The SMILES string of the molecule is CN1CCCN(C(=O)c2ccccc2CCc2ccccc2)CC1. The van der Waals surface area contributed by atoms with Gasteiger partial charge in [0.15, 0.2) is 0 Å². The van der Waals surface area contributed by atoms with Crippen LogP contribution >= 0.6 is 0 Å². The van der Waals surface area contributed by atoms with Gasteiger partial charge in [0.2, 0.25) is 0 Å². The fourth-order valence-corrected chi connectivity index (χ4v) is 3.29. The molecule has 2 aromatic rings. The number of hydrogen-bond donors (Lipinski definition) is 0. The quantitative estimate of drug-likeness (QED) is 0.863. The van der Waals surface area contributed by atoms with Gasteiger partial charge in [-0.1, -0.05) is 48.5 Å². The van der Waals surface area contributed by atoms with Crippen LogP contribution in [-0.2, 0) is 12.8 Å². The van der Waals surface area contributed by atoms with E-state index < -0.39 is 0 Å². The average molecular weight is 322 g/mol. The molecule has 3 heteroatoms. The number of likely N-dealkylation sites (N-methyl/N-ethyl adjacent to an activating group) is 1. The lowest BCUT2D eigenvalue weighted by Crippen LogP contribution is -2.35. The Kier molecular flexibility index (Phi) is 5.65. The summed E-state index contributed by atoms with van der Waals surface area (Å²) in [6.07, 6.45) is 2.92. The highest BCUT2D eigenvalue weighted by Gasteiger charge is 2.20. The van der Waals surface area contributed by atoms with E-state index in [2.05, 4.69) is 42.3 Å². The second-order valence-corrected chi connectivity index (χ2v) is 6.59. The van der Waals surface area contributed by atoms with Gasteiger partial charge in [-0.05, 0) is 50.0 Å². The van der Waals surface area contributed by atoms with Crippen LogP contribution in [0.2, 0.25) is 0 Å². The summed E-state index contributed by atoms with van der Waals surface area (Å²) in [6.45, 7) is 3.70. The lowest BCUT2D eigenvalue weighted by atomic mass is 9.99. The van der Waals surface area contributed by atoms with Crippen molar-refractivity contribution >= 4 is 5.91 Å². The molecule has 126 valence electrons. The number of carbonyl (C=O) groups excluding carboxylic acids is 1. The number of rotatable bonds is 4. The Morgan fingerprint density at radius 1 is 0.875 bits per heavy atom. The van der Waals surface area contributed by atoms with Crippen molar-refractivity contribution in [3.63, 3.8) is 0 Å². The Balaban J connectivity index is 1.72. The van der Waals surface area contributed by atoms with Crippen LogP contribution in [0.4, 0.5) is 0 Å². The van der Waals surface area contributed by atoms with Crippen LogP contribution in [0.1, 0.15) is 27.9 Å². The van der Waals surface area contributed by atoms with E-state index in [1.807, 2.05) is 29.2 Å². The van der Waals surface area contributed by atoms with Gasteiger partial charge in [-0.25, -0.2) is 0 Å². The van der Waals surface area contributed by atoms with Crippen LogP contribution in [0.5, 0.6) is 0 Å². The summed E-state index contributed by atoms with van der Waals surface area (Å²) < 4.78 is 0. The predicted octanol–water partition coefficient (Wildman–Crippen LogP) is 3.25. The summed E-state index contributed by atoms with van der Waals surface area (Å²) in [7, 11) is 2.13. The predicted molar refractivity (Wildman–Crippen MR) is 98.3 cm³/mol. The van der Waals surface area contributed by atoms with E-state index in [-0.39, 0.29) is 5.91 Å². The van der Waals surface area contributed by atoms with E-state index in [0.29, 0.717) is 0 Å². The normalized spacial score (nSPS) is 16.0. The molecular weight excluding hydrogens is 296 g/mol. The minimum Gasteiger partial charge on any atom is -0.337 e. The Hall–Kier alpha value is -2.13. The van der Waals surface area contributed by atoms with E-state index >= 15 is 0 Å². The molecule has 1 fully saturated rings. The molecule has 3 nitrogen and oxygen atoms in total. The van der Waals surface area contributed by atoms with Gasteiger partial charge in [-0.2, -0.15) is 0 Å². The minimum atomic E-state index is 0.189. The van der Waals surface area contributed by atoms with Gasteiger partial charge in [0.25, 0.3) is 5.91 Å². The van der Waals surface area contributed by atoms with Crippen molar-refractivity contribution in [2.75, 3.05) is 33.2 Å². The molecule has 0 N–H and O–H groups in total. The second kappa shape index (κ2) is 8.11. The van der Waals surface area contributed by atoms with Crippen molar-refractivity contribution in [3.8, 4) is 0 Å². The zero-order valence-electron chi connectivity index (χ0n) is 14.4. The Bertz CT molecular complexity index is 669. The summed E-state index contributed by atoms with van der Waals surface area (Å²) in [5, 5.41) is 0. The fraction of sp³-hybridized carbons (Fsp3) is 0.381. The van der Waals surface area contributed by atoms with Gasteiger partial charge in [0.1, 0.15) is 0 Å². The van der Waals surface area contributed by atoms with Crippen LogP contribution in [0, 0.1) is 0 Å². The Morgan fingerprint density at radius 3 is 2.46 bits per heavy atom. The molecule has 1 heterocycles. The maximum Gasteiger partial charge on any atom is 0.254 e. The van der Waals surface area contributed by atoms with E-state index in [4.69, 9.17) is 0 Å². The monoisotopic (exact) mass is 322 g/mol. The molecule has 2 aromatic carbocycles. The van der Waals surface area contributed by atoms with Crippen molar-refractivity contribution in [1.29, 1.82) is 0 Å². The van der Waals surface area contributed by atoms with E-state index in [9.17, 15) is 4.79 Å². The van der Waals surface area contributed by atoms with Gasteiger partial charge in [-0.3, -0.25) is 4.79 Å². The number of amides is 1. The van der Waals surface area contributed by atoms with Crippen molar-refractivity contribution in [2.24, 2.45) is 0 Å². The molecule has 1 aliphatic rings. The Morgan fingerprint density at radius 2 is 1.62 bits per heavy atom. The molecule has 0 bridgehead atoms. The van der Waals surface area contributed by atoms with E-state index in [1.54, 1.807) is 0 Å². The molecule has 1 aliphatic heterocycles. The second-order valence-electron chi connectivity index (χ2n) is 6.59. The van der Waals surface area contributed by atoms with Crippen LogP contribution in [0.25, 0.3) is 0 Å². The molecule has 0 aliphatic carbocycles.